The first kappa shape index (κ1) is 24.2. The molecule has 0 aliphatic rings. The summed E-state index contributed by atoms with van der Waals surface area (Å²) in [5.74, 6) is -1.12. The first-order valence-corrected chi connectivity index (χ1v) is 11.5. The Morgan fingerprint density at radius 1 is 1.09 bits per heavy atom. The maximum atomic E-state index is 13.0. The Kier molecular flexibility index (Phi) is 8.39. The van der Waals surface area contributed by atoms with Crippen molar-refractivity contribution >= 4 is 29.0 Å². The Bertz CT molecular complexity index is 1080. The van der Waals surface area contributed by atoms with Crippen LogP contribution in [0.4, 0.5) is 10.5 Å². The summed E-state index contributed by atoms with van der Waals surface area (Å²) in [4.78, 5) is 32.5. The number of thiophene rings is 1. The van der Waals surface area contributed by atoms with E-state index in [9.17, 15) is 14.7 Å². The second-order valence-corrected chi connectivity index (χ2v) is 8.72. The van der Waals surface area contributed by atoms with E-state index in [2.05, 4.69) is 10.3 Å². The van der Waals surface area contributed by atoms with Crippen molar-refractivity contribution < 1.29 is 14.7 Å². The molecule has 0 fully saturated rings. The van der Waals surface area contributed by atoms with Gasteiger partial charge in [0.15, 0.2) is 5.69 Å². The lowest BCUT2D eigenvalue weighted by molar-refractivity contribution is 0.0691. The van der Waals surface area contributed by atoms with E-state index >= 15 is 0 Å². The summed E-state index contributed by atoms with van der Waals surface area (Å²) in [5.41, 5.74) is 9.46. The SMILES string of the molecule is CN(C)CCN(Cc1cnc(C(=O)O)c(-c2cscc2N)c1)C(=O)NCCc1ccccc1. The van der Waals surface area contributed by atoms with Crippen LogP contribution in [0.5, 0.6) is 0 Å². The molecule has 174 valence electrons. The third-order valence-electron chi connectivity index (χ3n) is 5.14. The number of aromatic carboxylic acids is 1. The van der Waals surface area contributed by atoms with Crippen LogP contribution >= 0.6 is 11.3 Å². The van der Waals surface area contributed by atoms with Crippen LogP contribution in [0.15, 0.2) is 53.4 Å². The monoisotopic (exact) mass is 467 g/mol. The largest absolute Gasteiger partial charge is 0.476 e. The highest BCUT2D eigenvalue weighted by Gasteiger charge is 2.19. The van der Waals surface area contributed by atoms with Crippen LogP contribution in [0.25, 0.3) is 11.1 Å². The van der Waals surface area contributed by atoms with Gasteiger partial charge in [-0.3, -0.25) is 0 Å². The molecule has 0 aliphatic carbocycles. The smallest absolute Gasteiger partial charge is 0.355 e. The van der Waals surface area contributed by atoms with Crippen LogP contribution in [0, 0.1) is 0 Å². The molecule has 0 radical (unpaired) electrons. The minimum Gasteiger partial charge on any atom is -0.476 e. The predicted octanol–water partition coefficient (Wildman–Crippen LogP) is 3.41. The Balaban J connectivity index is 1.76. The van der Waals surface area contributed by atoms with E-state index in [4.69, 9.17) is 5.73 Å². The average molecular weight is 468 g/mol. The highest BCUT2D eigenvalue weighted by molar-refractivity contribution is 7.08. The Labute approximate surface area is 197 Å². The number of rotatable bonds is 10. The normalized spacial score (nSPS) is 10.9. The maximum absolute atomic E-state index is 13.0. The zero-order chi connectivity index (χ0) is 23.8. The molecule has 2 heterocycles. The van der Waals surface area contributed by atoms with Crippen molar-refractivity contribution in [2.75, 3.05) is 39.5 Å². The molecule has 3 aromatic rings. The number of aromatic nitrogens is 1. The molecule has 0 unspecified atom stereocenters. The van der Waals surface area contributed by atoms with Gasteiger partial charge in [0.1, 0.15) is 0 Å². The molecular weight excluding hydrogens is 438 g/mol. The number of nitrogen functional groups attached to an aromatic ring is 1. The number of carbonyl (C=O) groups is 2. The number of anilines is 1. The van der Waals surface area contributed by atoms with Crippen molar-refractivity contribution in [1.29, 1.82) is 0 Å². The number of carboxylic acid groups (broad SMARTS) is 1. The van der Waals surface area contributed by atoms with E-state index < -0.39 is 5.97 Å². The molecule has 33 heavy (non-hydrogen) atoms. The van der Waals surface area contributed by atoms with E-state index in [1.165, 1.54) is 17.5 Å². The second kappa shape index (κ2) is 11.4. The van der Waals surface area contributed by atoms with Crippen LogP contribution in [0.1, 0.15) is 21.6 Å². The summed E-state index contributed by atoms with van der Waals surface area (Å²) in [5, 5.41) is 16.1. The highest BCUT2D eigenvalue weighted by Crippen LogP contribution is 2.32. The van der Waals surface area contributed by atoms with Crippen LogP contribution in [0.2, 0.25) is 0 Å². The lowest BCUT2D eigenvalue weighted by Crippen LogP contribution is -2.43. The quantitative estimate of drug-likeness (QED) is 0.421. The van der Waals surface area contributed by atoms with Crippen molar-refractivity contribution in [2.45, 2.75) is 13.0 Å². The third-order valence-corrected chi connectivity index (χ3v) is 5.90. The number of nitrogens with zero attached hydrogens (tertiary/aromatic N) is 3. The van der Waals surface area contributed by atoms with Gasteiger partial charge in [0.25, 0.3) is 0 Å². The Morgan fingerprint density at radius 2 is 1.85 bits per heavy atom. The highest BCUT2D eigenvalue weighted by atomic mass is 32.1. The number of likely N-dealkylation sites (N-methyl/N-ethyl adjacent to an activating group) is 1. The molecule has 9 heteroatoms. The molecule has 2 amide bonds. The number of urea groups is 1. The zero-order valence-corrected chi connectivity index (χ0v) is 19.6. The topological polar surface area (TPSA) is 112 Å². The number of carboxylic acids is 1. The minimum atomic E-state index is -1.12. The van der Waals surface area contributed by atoms with Gasteiger partial charge in [0.05, 0.1) is 5.69 Å². The van der Waals surface area contributed by atoms with Gasteiger partial charge in [-0.1, -0.05) is 30.3 Å². The van der Waals surface area contributed by atoms with E-state index in [0.717, 1.165) is 17.5 Å². The number of benzene rings is 1. The minimum absolute atomic E-state index is 0.0593. The molecule has 0 saturated carbocycles. The third kappa shape index (κ3) is 6.77. The molecule has 4 N–H and O–H groups in total. The molecule has 1 aromatic carbocycles. The number of carbonyl (C=O) groups excluding carboxylic acids is 1. The van der Waals surface area contributed by atoms with Gasteiger partial charge in [0.2, 0.25) is 0 Å². The van der Waals surface area contributed by atoms with Crippen molar-refractivity contribution in [3.05, 3.63) is 70.2 Å². The predicted molar refractivity (Wildman–Crippen MR) is 131 cm³/mol. The maximum Gasteiger partial charge on any atom is 0.355 e. The van der Waals surface area contributed by atoms with Gasteiger partial charge in [-0.25, -0.2) is 14.6 Å². The summed E-state index contributed by atoms with van der Waals surface area (Å²) in [6.07, 6.45) is 2.25. The molecule has 0 bridgehead atoms. The summed E-state index contributed by atoms with van der Waals surface area (Å²) in [7, 11) is 3.90. The Hall–Kier alpha value is -3.43. The van der Waals surface area contributed by atoms with Gasteiger partial charge >= 0.3 is 12.0 Å². The van der Waals surface area contributed by atoms with E-state index in [-0.39, 0.29) is 11.7 Å². The number of nitrogens with two attached hydrogens (primary N) is 1. The average Bonchev–Trinajstić information content (AvgIpc) is 3.22. The molecule has 3 rings (SSSR count). The molecule has 0 spiro atoms. The van der Waals surface area contributed by atoms with Crippen molar-refractivity contribution in [2.24, 2.45) is 0 Å². The first-order valence-electron chi connectivity index (χ1n) is 10.6. The summed E-state index contributed by atoms with van der Waals surface area (Å²) >= 11 is 1.40. The molecule has 0 saturated heterocycles. The first-order chi connectivity index (χ1) is 15.8. The van der Waals surface area contributed by atoms with Gasteiger partial charge in [-0.05, 0) is 37.7 Å². The Morgan fingerprint density at radius 3 is 2.48 bits per heavy atom. The molecule has 0 aliphatic heterocycles. The summed E-state index contributed by atoms with van der Waals surface area (Å²) < 4.78 is 0. The standard InChI is InChI=1S/C24H29N5O3S/c1-28(2)10-11-29(24(32)26-9-8-17-6-4-3-5-7-17)14-18-12-19(20-15-33-16-21(20)25)22(23(30)31)27-13-18/h3-7,12-13,15-16H,8-11,14,25H2,1-2H3,(H,26,32)(H,30,31). The molecule has 2 aromatic heterocycles. The fourth-order valence-electron chi connectivity index (χ4n) is 3.36. The summed E-state index contributed by atoms with van der Waals surface area (Å²) in [6, 6.07) is 11.6. The summed E-state index contributed by atoms with van der Waals surface area (Å²) in [6.45, 7) is 2.03. The second-order valence-electron chi connectivity index (χ2n) is 7.98. The van der Waals surface area contributed by atoms with Crippen LogP contribution in [-0.2, 0) is 13.0 Å². The van der Waals surface area contributed by atoms with Crippen molar-refractivity contribution in [3.8, 4) is 11.1 Å². The molecule has 0 atom stereocenters. The molecule has 8 nitrogen and oxygen atoms in total. The van der Waals surface area contributed by atoms with E-state index in [1.54, 1.807) is 16.3 Å². The lowest BCUT2D eigenvalue weighted by atomic mass is 10.0. The fraction of sp³-hybridized carbons (Fsp3) is 0.292. The van der Waals surface area contributed by atoms with Crippen LogP contribution in [-0.4, -0.2) is 65.6 Å². The number of hydrogen-bond acceptors (Lipinski definition) is 6. The fourth-order valence-corrected chi connectivity index (χ4v) is 4.10. The number of hydrogen-bond donors (Lipinski definition) is 3. The van der Waals surface area contributed by atoms with Crippen LogP contribution < -0.4 is 11.1 Å². The number of nitrogens with one attached hydrogen (secondary N) is 1. The van der Waals surface area contributed by atoms with Gasteiger partial charge < -0.3 is 26.0 Å². The lowest BCUT2D eigenvalue weighted by Gasteiger charge is -2.25. The van der Waals surface area contributed by atoms with Crippen molar-refractivity contribution in [1.82, 2.24) is 20.1 Å². The number of pyridine rings is 1. The van der Waals surface area contributed by atoms with Crippen LogP contribution in [0.3, 0.4) is 0 Å². The van der Waals surface area contributed by atoms with Crippen molar-refractivity contribution in [3.63, 3.8) is 0 Å². The van der Waals surface area contributed by atoms with Gasteiger partial charge in [-0.15, -0.1) is 11.3 Å². The zero-order valence-electron chi connectivity index (χ0n) is 18.8. The number of amides is 2. The van der Waals surface area contributed by atoms with Gasteiger partial charge in [0, 0.05) is 54.3 Å². The molecular formula is C24H29N5O3S. The van der Waals surface area contributed by atoms with Gasteiger partial charge in [-0.2, -0.15) is 0 Å². The van der Waals surface area contributed by atoms with E-state index in [1.807, 2.05) is 54.7 Å². The van der Waals surface area contributed by atoms with E-state index in [0.29, 0.717) is 43.0 Å².